The molecule has 0 aliphatic heterocycles. The third kappa shape index (κ3) is 7.50. The van der Waals surface area contributed by atoms with E-state index in [2.05, 4.69) is 26.8 Å². The van der Waals surface area contributed by atoms with E-state index in [1.54, 1.807) is 0 Å². The van der Waals surface area contributed by atoms with Gasteiger partial charge in [0.1, 0.15) is 19.7 Å². The molecule has 0 fully saturated rings. The Bertz CT molecular complexity index is 221. The van der Waals surface area contributed by atoms with Crippen LogP contribution >= 0.6 is 7.41 Å². The third-order valence-corrected chi connectivity index (χ3v) is 7.20. The molecule has 0 aliphatic carbocycles. The summed E-state index contributed by atoms with van der Waals surface area (Å²) < 4.78 is 4.71. The van der Waals surface area contributed by atoms with Crippen molar-refractivity contribution in [2.24, 2.45) is 4.76 Å². The van der Waals surface area contributed by atoms with Gasteiger partial charge in [0, 0.05) is 0 Å². The molecule has 0 aromatic rings. The Morgan fingerprint density at radius 3 is 1.65 bits per heavy atom. The van der Waals surface area contributed by atoms with Crippen LogP contribution in [0.3, 0.4) is 0 Å². The smallest absolute Gasteiger partial charge is 0.141 e. The maximum Gasteiger partial charge on any atom is 0.141 e. The average molecular weight is 255 g/mol. The first-order valence-electron chi connectivity index (χ1n) is 7.04. The van der Waals surface area contributed by atoms with Gasteiger partial charge in [-0.05, 0) is 19.3 Å². The van der Waals surface area contributed by atoms with Gasteiger partial charge in [-0.3, -0.25) is 0 Å². The van der Waals surface area contributed by atoms with E-state index in [-0.39, 0.29) is 0 Å². The zero-order chi connectivity index (χ0) is 13.0. The van der Waals surface area contributed by atoms with Crippen molar-refractivity contribution in [1.29, 1.82) is 5.26 Å². The van der Waals surface area contributed by atoms with Crippen molar-refractivity contribution in [3.8, 4) is 6.07 Å². The molecule has 0 N–H and O–H groups in total. The molecule has 0 saturated heterocycles. The maximum absolute atomic E-state index is 8.72. The highest BCUT2D eigenvalue weighted by atomic mass is 31.2. The zero-order valence-corrected chi connectivity index (χ0v) is 12.7. The van der Waals surface area contributed by atoms with Crippen molar-refractivity contribution in [3.63, 3.8) is 0 Å². The standard InChI is InChI=1S/C14H28N2P/c1-4-7-12-17(13-8-5-2,14-9-6-3)16-11-10-15/h11H,4-9,12-14H2,1-3H3/q+1/b16-11+. The first kappa shape index (κ1) is 16.6. The molecule has 3 heteroatoms. The van der Waals surface area contributed by atoms with Gasteiger partial charge in [-0.1, -0.05) is 40.0 Å². The van der Waals surface area contributed by atoms with E-state index in [1.165, 1.54) is 63.2 Å². The fraction of sp³-hybridized carbons (Fsp3) is 0.857. The molecule has 0 spiro atoms. The van der Waals surface area contributed by atoms with Crippen molar-refractivity contribution >= 4 is 13.6 Å². The minimum Gasteiger partial charge on any atom is -0.191 e. The fourth-order valence-electron chi connectivity index (χ4n) is 2.01. The van der Waals surface area contributed by atoms with Crippen molar-refractivity contribution in [2.45, 2.75) is 59.3 Å². The van der Waals surface area contributed by atoms with Crippen LogP contribution in [-0.4, -0.2) is 24.7 Å². The van der Waals surface area contributed by atoms with Crippen molar-refractivity contribution in [3.05, 3.63) is 0 Å². The summed E-state index contributed by atoms with van der Waals surface area (Å²) in [7, 11) is -1.22. The van der Waals surface area contributed by atoms with Gasteiger partial charge < -0.3 is 0 Å². The highest BCUT2D eigenvalue weighted by Gasteiger charge is 2.35. The molecule has 0 amide bonds. The number of nitrogens with zero attached hydrogens (tertiary/aromatic N) is 2. The molecule has 17 heavy (non-hydrogen) atoms. The van der Waals surface area contributed by atoms with Gasteiger partial charge in [0.25, 0.3) is 0 Å². The van der Waals surface area contributed by atoms with E-state index in [4.69, 9.17) is 10.0 Å². The van der Waals surface area contributed by atoms with Crippen molar-refractivity contribution in [2.75, 3.05) is 18.5 Å². The van der Waals surface area contributed by atoms with Crippen molar-refractivity contribution < 1.29 is 0 Å². The van der Waals surface area contributed by atoms with Gasteiger partial charge in [-0.25, -0.2) is 0 Å². The first-order chi connectivity index (χ1) is 8.24. The van der Waals surface area contributed by atoms with Crippen LogP contribution in [0.5, 0.6) is 0 Å². The molecule has 0 aromatic carbocycles. The lowest BCUT2D eigenvalue weighted by atomic mass is 10.4. The molecule has 0 aliphatic rings. The normalized spacial score (nSPS) is 11.9. The van der Waals surface area contributed by atoms with Crippen LogP contribution in [0.1, 0.15) is 59.3 Å². The summed E-state index contributed by atoms with van der Waals surface area (Å²) in [6.07, 6.45) is 12.8. The Kier molecular flexibility index (Phi) is 10.5. The van der Waals surface area contributed by atoms with Gasteiger partial charge in [0.2, 0.25) is 0 Å². The van der Waals surface area contributed by atoms with Crippen molar-refractivity contribution in [1.82, 2.24) is 0 Å². The lowest BCUT2D eigenvalue weighted by Gasteiger charge is -2.21. The summed E-state index contributed by atoms with van der Waals surface area (Å²) in [6, 6.07) is 2.09. The van der Waals surface area contributed by atoms with E-state index >= 15 is 0 Å². The number of nitriles is 1. The number of hydrogen-bond acceptors (Lipinski definition) is 2. The summed E-state index contributed by atoms with van der Waals surface area (Å²) in [5.41, 5.74) is 0. The van der Waals surface area contributed by atoms with Gasteiger partial charge >= 0.3 is 0 Å². The lowest BCUT2D eigenvalue weighted by Crippen LogP contribution is -2.07. The Morgan fingerprint density at radius 2 is 1.35 bits per heavy atom. The Labute approximate surface area is 108 Å². The highest BCUT2D eigenvalue weighted by Crippen LogP contribution is 2.62. The molecule has 0 radical (unpaired) electrons. The van der Waals surface area contributed by atoms with Crippen LogP contribution in [0, 0.1) is 11.3 Å². The number of unbranched alkanes of at least 4 members (excludes halogenated alkanes) is 3. The molecule has 0 bridgehead atoms. The average Bonchev–Trinajstić information content (AvgIpc) is 2.37. The zero-order valence-electron chi connectivity index (χ0n) is 11.8. The van der Waals surface area contributed by atoms with E-state index < -0.39 is 7.41 Å². The predicted molar refractivity (Wildman–Crippen MR) is 80.4 cm³/mol. The molecular weight excluding hydrogens is 227 g/mol. The fourth-order valence-corrected chi connectivity index (χ4v) is 6.04. The maximum atomic E-state index is 8.72. The summed E-state index contributed by atoms with van der Waals surface area (Å²) in [5, 5.41) is 8.72. The van der Waals surface area contributed by atoms with Crippen LogP contribution in [-0.2, 0) is 0 Å². The molecule has 0 heterocycles. The molecule has 0 aromatic heterocycles. The quantitative estimate of drug-likeness (QED) is 0.403. The van der Waals surface area contributed by atoms with E-state index in [0.29, 0.717) is 0 Å². The Balaban J connectivity index is 4.64. The van der Waals surface area contributed by atoms with E-state index in [9.17, 15) is 0 Å². The van der Waals surface area contributed by atoms with Crippen LogP contribution in [0.15, 0.2) is 4.76 Å². The number of hydrogen-bond donors (Lipinski definition) is 0. The van der Waals surface area contributed by atoms with Gasteiger partial charge in [-0.2, -0.15) is 5.26 Å². The van der Waals surface area contributed by atoms with Gasteiger partial charge in [0.15, 0.2) is 0 Å². The summed E-state index contributed by atoms with van der Waals surface area (Å²) >= 11 is 0. The van der Waals surface area contributed by atoms with Gasteiger partial charge in [-0.15, -0.1) is 4.76 Å². The minimum atomic E-state index is -1.22. The summed E-state index contributed by atoms with van der Waals surface area (Å²) in [5.74, 6) is 0. The second-order valence-corrected chi connectivity index (χ2v) is 8.46. The molecular formula is C14H28N2P+. The number of rotatable bonds is 10. The second-order valence-electron chi connectivity index (χ2n) is 4.70. The third-order valence-electron chi connectivity index (χ3n) is 3.14. The molecule has 0 rings (SSSR count). The molecule has 2 nitrogen and oxygen atoms in total. The monoisotopic (exact) mass is 255 g/mol. The van der Waals surface area contributed by atoms with E-state index in [0.717, 1.165) is 0 Å². The van der Waals surface area contributed by atoms with Crippen LogP contribution < -0.4 is 0 Å². The van der Waals surface area contributed by atoms with Crippen LogP contribution in [0.25, 0.3) is 0 Å². The first-order valence-corrected chi connectivity index (χ1v) is 9.34. The van der Waals surface area contributed by atoms with Crippen LogP contribution in [0.4, 0.5) is 0 Å². The lowest BCUT2D eigenvalue weighted by molar-refractivity contribution is 0.835. The summed E-state index contributed by atoms with van der Waals surface area (Å²) in [4.78, 5) is 0. The SMILES string of the molecule is CCCC[P+](CCCC)(CCCC)/N=C/C#N. The minimum absolute atomic E-state index is 1.22. The Hall–Kier alpha value is -0.410. The molecule has 0 unspecified atom stereocenters. The Morgan fingerprint density at radius 1 is 0.941 bits per heavy atom. The van der Waals surface area contributed by atoms with Crippen LogP contribution in [0.2, 0.25) is 0 Å². The van der Waals surface area contributed by atoms with Gasteiger partial charge in [0.05, 0.1) is 18.5 Å². The van der Waals surface area contributed by atoms with E-state index in [1.807, 2.05) is 0 Å². The largest absolute Gasteiger partial charge is 0.191 e. The molecule has 0 atom stereocenters. The summed E-state index contributed by atoms with van der Waals surface area (Å²) in [6.45, 7) is 6.72. The predicted octanol–water partition coefficient (Wildman–Crippen LogP) is 4.91. The highest BCUT2D eigenvalue weighted by molar-refractivity contribution is 7.74. The molecule has 0 saturated carbocycles. The second kappa shape index (κ2) is 10.7. The topological polar surface area (TPSA) is 36.1 Å². The molecule has 98 valence electrons.